The third kappa shape index (κ3) is 9.84. The zero-order valence-corrected chi connectivity index (χ0v) is 32.6. The summed E-state index contributed by atoms with van der Waals surface area (Å²) in [7, 11) is 0. The predicted molar refractivity (Wildman–Crippen MR) is 226 cm³/mol. The van der Waals surface area contributed by atoms with Crippen LogP contribution in [-0.4, -0.2) is 88.7 Å². The molecule has 3 aromatic carbocycles. The van der Waals surface area contributed by atoms with Gasteiger partial charge in [0.05, 0.1) is 17.4 Å². The van der Waals surface area contributed by atoms with Crippen LogP contribution < -0.4 is 33.2 Å². The molecule has 60 heavy (non-hydrogen) atoms. The molecule has 0 aliphatic rings. The zero-order chi connectivity index (χ0) is 42.0. The number of nitrogens with zero attached hydrogens (tertiary/aromatic N) is 5. The van der Waals surface area contributed by atoms with Crippen molar-refractivity contribution in [3.05, 3.63) is 126 Å². The summed E-state index contributed by atoms with van der Waals surface area (Å²) >= 11 is 0. The van der Waals surface area contributed by atoms with E-state index in [-0.39, 0.29) is 37.3 Å². The van der Waals surface area contributed by atoms with Crippen LogP contribution >= 0.6 is 0 Å². The highest BCUT2D eigenvalue weighted by atomic mass is 16.2. The first kappa shape index (κ1) is 40.4. The second-order valence-electron chi connectivity index (χ2n) is 14.3. The second-order valence-corrected chi connectivity index (χ2v) is 14.3. The van der Waals surface area contributed by atoms with Crippen LogP contribution in [0.1, 0.15) is 40.0 Å². The van der Waals surface area contributed by atoms with E-state index in [1.807, 2.05) is 60.8 Å². The Morgan fingerprint density at radius 2 is 1.62 bits per heavy atom. The molecule has 0 saturated carbocycles. The molecule has 4 heterocycles. The van der Waals surface area contributed by atoms with Gasteiger partial charge in [0.2, 0.25) is 17.7 Å². The summed E-state index contributed by atoms with van der Waals surface area (Å²) in [5.41, 5.74) is 21.9. The second kappa shape index (κ2) is 18.7. The van der Waals surface area contributed by atoms with Crippen LogP contribution in [0.25, 0.3) is 33.6 Å². The van der Waals surface area contributed by atoms with Gasteiger partial charge in [0, 0.05) is 72.9 Å². The number of aromatic nitrogens is 7. The fourth-order valence-corrected chi connectivity index (χ4v) is 7.09. The number of rotatable bonds is 19. The average Bonchev–Trinajstić information content (AvgIpc) is 4.08. The minimum atomic E-state index is -1.15. The molecule has 0 fully saturated rings. The molecule has 12 N–H and O–H groups in total. The van der Waals surface area contributed by atoms with Crippen molar-refractivity contribution >= 4 is 51.5 Å². The SMILES string of the molecule is NC(=O)[C@H](Cc1cnc[nH]1)NC(=O)[C@@H](Cc1ccccc1)NC(=O)[C@H](CCCN=C(N)N)NC(=O)c1ccc2c(c1)nc(-c1ncc[nH]1)n2CCc1c[nH]c2ccccc12. The summed E-state index contributed by atoms with van der Waals surface area (Å²) in [4.78, 5) is 81.1. The van der Waals surface area contributed by atoms with Gasteiger partial charge < -0.3 is 52.7 Å². The minimum Gasteiger partial charge on any atom is -0.370 e. The predicted octanol–water partition coefficient (Wildman–Crippen LogP) is 1.97. The van der Waals surface area contributed by atoms with E-state index in [0.717, 1.165) is 27.5 Å². The number of H-pyrrole nitrogens is 3. The Balaban J connectivity index is 1.12. The molecule has 7 rings (SSSR count). The number of guanidine groups is 1. The number of nitrogens with two attached hydrogens (primary N) is 3. The van der Waals surface area contributed by atoms with Crippen molar-refractivity contribution in [3.8, 4) is 11.6 Å². The standard InChI is InChI=1S/C42H46N14O4/c43-36(57)33(21-28-23-46-24-51-28)54-41(60)34(19-25-7-2-1-3-8-25)55-40(59)31(11-6-15-49-42(44)45)53-39(58)26-12-13-35-32(20-26)52-38(37-47-16-17-48-37)56(35)18-14-27-22-50-30-10-5-4-9-29(27)30/h1-5,7-10,12-13,16-17,20,22-24,31,33-34,50H,6,11,14-15,18-19,21H2,(H2,43,57)(H,46,51)(H,47,48)(H,53,58)(H,54,60)(H,55,59)(H4,44,45,49)/t31-,33-,34+/m0/s1. The summed E-state index contributed by atoms with van der Waals surface area (Å²) < 4.78 is 2.06. The van der Waals surface area contributed by atoms with E-state index >= 15 is 0 Å². The smallest absolute Gasteiger partial charge is 0.252 e. The molecular weight excluding hydrogens is 765 g/mol. The molecule has 4 aromatic heterocycles. The van der Waals surface area contributed by atoms with Crippen LogP contribution in [0.3, 0.4) is 0 Å². The van der Waals surface area contributed by atoms with E-state index in [4.69, 9.17) is 22.2 Å². The van der Waals surface area contributed by atoms with Crippen LogP contribution in [0.15, 0.2) is 109 Å². The first-order valence-electron chi connectivity index (χ1n) is 19.5. The molecule has 18 nitrogen and oxygen atoms in total. The maximum absolute atomic E-state index is 14.1. The van der Waals surface area contributed by atoms with Gasteiger partial charge in [-0.3, -0.25) is 24.2 Å². The number of primary amides is 1. The Hall–Kier alpha value is -7.76. The largest absolute Gasteiger partial charge is 0.370 e. The van der Waals surface area contributed by atoms with Gasteiger partial charge in [-0.25, -0.2) is 15.0 Å². The summed E-state index contributed by atoms with van der Waals surface area (Å²) in [5.74, 6) is -1.50. The molecule has 0 spiro atoms. The summed E-state index contributed by atoms with van der Waals surface area (Å²) in [5, 5.41) is 9.50. The van der Waals surface area contributed by atoms with Gasteiger partial charge in [-0.2, -0.15) is 0 Å². The monoisotopic (exact) mass is 810 g/mol. The van der Waals surface area contributed by atoms with E-state index in [1.165, 1.54) is 12.5 Å². The number of carbonyl (C=O) groups excluding carboxylic acids is 4. The number of aliphatic imine (C=N–C) groups is 1. The molecule has 0 radical (unpaired) electrons. The average molecular weight is 811 g/mol. The third-order valence-electron chi connectivity index (χ3n) is 10.1. The van der Waals surface area contributed by atoms with E-state index < -0.39 is 41.8 Å². The van der Waals surface area contributed by atoms with Crippen LogP contribution in [0, 0.1) is 0 Å². The molecule has 3 atom stereocenters. The lowest BCUT2D eigenvalue weighted by Crippen LogP contribution is -2.57. The lowest BCUT2D eigenvalue weighted by atomic mass is 10.0. The fraction of sp³-hybridized carbons (Fsp3) is 0.238. The molecule has 18 heteroatoms. The number of aromatic amines is 3. The molecule has 0 unspecified atom stereocenters. The van der Waals surface area contributed by atoms with E-state index in [2.05, 4.69) is 56.5 Å². The van der Waals surface area contributed by atoms with Gasteiger partial charge in [-0.15, -0.1) is 0 Å². The third-order valence-corrected chi connectivity index (χ3v) is 10.1. The molecular formula is C42H46N14O4. The maximum atomic E-state index is 14.1. The fourth-order valence-electron chi connectivity index (χ4n) is 7.09. The molecule has 0 aliphatic carbocycles. The number of nitrogens with one attached hydrogen (secondary N) is 6. The van der Waals surface area contributed by atoms with Crippen molar-refractivity contribution < 1.29 is 19.2 Å². The quantitative estimate of drug-likeness (QED) is 0.0327. The number of amides is 4. The van der Waals surface area contributed by atoms with E-state index in [9.17, 15) is 19.2 Å². The van der Waals surface area contributed by atoms with Gasteiger partial charge in [0.25, 0.3) is 5.91 Å². The number of hydrogen-bond donors (Lipinski definition) is 9. The highest BCUT2D eigenvalue weighted by Crippen LogP contribution is 2.26. The van der Waals surface area contributed by atoms with Crippen molar-refractivity contribution in [1.82, 2.24) is 50.4 Å². The Morgan fingerprint density at radius 1 is 0.833 bits per heavy atom. The van der Waals surface area contributed by atoms with E-state index in [1.54, 1.807) is 24.5 Å². The number of fused-ring (bicyclic) bond motifs is 2. The van der Waals surface area contributed by atoms with Gasteiger partial charge in [0.1, 0.15) is 18.1 Å². The van der Waals surface area contributed by atoms with Crippen molar-refractivity contribution in [3.63, 3.8) is 0 Å². The Morgan fingerprint density at radius 3 is 2.37 bits per heavy atom. The van der Waals surface area contributed by atoms with Crippen LogP contribution in [0.5, 0.6) is 0 Å². The first-order valence-corrected chi connectivity index (χ1v) is 19.5. The molecule has 7 aromatic rings. The molecule has 0 bridgehead atoms. The van der Waals surface area contributed by atoms with Gasteiger partial charge in [-0.1, -0.05) is 48.5 Å². The highest BCUT2D eigenvalue weighted by molar-refractivity contribution is 6.01. The Labute approximate surface area is 343 Å². The van der Waals surface area contributed by atoms with Gasteiger partial charge in [-0.05, 0) is 54.7 Å². The number of para-hydroxylation sites is 1. The maximum Gasteiger partial charge on any atom is 0.252 e. The number of benzene rings is 3. The van der Waals surface area contributed by atoms with Crippen molar-refractivity contribution in [2.45, 2.75) is 56.8 Å². The number of carbonyl (C=O) groups is 4. The topological polar surface area (TPSA) is 286 Å². The van der Waals surface area contributed by atoms with Crippen molar-refractivity contribution in [2.75, 3.05) is 6.54 Å². The van der Waals surface area contributed by atoms with Gasteiger partial charge >= 0.3 is 0 Å². The minimum absolute atomic E-state index is 0.0617. The van der Waals surface area contributed by atoms with E-state index in [0.29, 0.717) is 42.2 Å². The summed E-state index contributed by atoms with van der Waals surface area (Å²) in [6, 6.07) is 19.0. The van der Waals surface area contributed by atoms with Crippen molar-refractivity contribution in [2.24, 2.45) is 22.2 Å². The van der Waals surface area contributed by atoms with Crippen molar-refractivity contribution in [1.29, 1.82) is 0 Å². The molecule has 0 aliphatic heterocycles. The Bertz CT molecular complexity index is 2590. The lowest BCUT2D eigenvalue weighted by molar-refractivity contribution is -0.132. The number of hydrogen-bond acceptors (Lipinski definition) is 8. The molecule has 0 saturated heterocycles. The van der Waals surface area contributed by atoms with Crippen LogP contribution in [-0.2, 0) is 40.2 Å². The first-order chi connectivity index (χ1) is 29.1. The molecule has 4 amide bonds. The zero-order valence-electron chi connectivity index (χ0n) is 32.6. The number of imidazole rings is 3. The summed E-state index contributed by atoms with van der Waals surface area (Å²) in [6.45, 7) is 0.778. The van der Waals surface area contributed by atoms with Gasteiger partial charge in [0.15, 0.2) is 17.6 Å². The normalized spacial score (nSPS) is 12.7. The lowest BCUT2D eigenvalue weighted by Gasteiger charge is -2.25. The molecule has 308 valence electrons. The van der Waals surface area contributed by atoms with Crippen LogP contribution in [0.4, 0.5) is 0 Å². The highest BCUT2D eigenvalue weighted by Gasteiger charge is 2.30. The summed E-state index contributed by atoms with van der Waals surface area (Å²) in [6.07, 6.45) is 9.67. The van der Waals surface area contributed by atoms with Crippen LogP contribution in [0.2, 0.25) is 0 Å². The number of aryl methyl sites for hydroxylation is 2. The Kier molecular flexibility index (Phi) is 12.6.